The number of aromatic nitrogens is 3. The zero-order valence-electron chi connectivity index (χ0n) is 10.2. The summed E-state index contributed by atoms with van der Waals surface area (Å²) in [7, 11) is 0. The van der Waals surface area contributed by atoms with E-state index in [-0.39, 0.29) is 0 Å². The largest absolute Gasteiger partial charge is 0.311 e. The van der Waals surface area contributed by atoms with Crippen molar-refractivity contribution in [3.05, 3.63) is 48.3 Å². The quantitative estimate of drug-likeness (QED) is 0.869. The van der Waals surface area contributed by atoms with Gasteiger partial charge in [-0.2, -0.15) is 9.90 Å². The van der Waals surface area contributed by atoms with E-state index < -0.39 is 0 Å². The molecule has 18 heavy (non-hydrogen) atoms. The van der Waals surface area contributed by atoms with Crippen LogP contribution in [-0.2, 0) is 0 Å². The van der Waals surface area contributed by atoms with Crippen molar-refractivity contribution in [3.63, 3.8) is 0 Å². The maximum absolute atomic E-state index is 4.40. The van der Waals surface area contributed by atoms with Crippen LogP contribution in [0.4, 0.5) is 0 Å². The molecule has 3 rings (SSSR count). The van der Waals surface area contributed by atoms with Crippen molar-refractivity contribution >= 4 is 6.08 Å². The Bertz CT molecular complexity index is 526. The highest BCUT2D eigenvalue weighted by molar-refractivity contribution is 5.43. The van der Waals surface area contributed by atoms with Crippen LogP contribution in [0, 0.1) is 0 Å². The third-order valence-corrected chi connectivity index (χ3v) is 2.89. The van der Waals surface area contributed by atoms with Gasteiger partial charge in [-0.25, -0.2) is 0 Å². The number of hydrogen-bond donors (Lipinski definition) is 1. The number of hydrogen-bond acceptors (Lipinski definition) is 3. The molecule has 1 aliphatic rings. The third kappa shape index (κ3) is 2.84. The highest BCUT2D eigenvalue weighted by atomic mass is 15.5. The summed E-state index contributed by atoms with van der Waals surface area (Å²) in [5.41, 5.74) is 1.87. The molecule has 0 bridgehead atoms. The first-order chi connectivity index (χ1) is 8.92. The molecule has 0 spiro atoms. The monoisotopic (exact) mass is 240 g/mol. The van der Waals surface area contributed by atoms with Gasteiger partial charge in [-0.3, -0.25) is 0 Å². The fourth-order valence-electron chi connectivity index (χ4n) is 1.74. The van der Waals surface area contributed by atoms with Gasteiger partial charge in [0.2, 0.25) is 0 Å². The summed E-state index contributed by atoms with van der Waals surface area (Å²) in [4.78, 5) is 1.65. The van der Waals surface area contributed by atoms with E-state index in [0.717, 1.165) is 24.0 Å². The van der Waals surface area contributed by atoms with Gasteiger partial charge < -0.3 is 5.32 Å². The molecular formula is C14H16N4. The molecule has 1 N–H and O–H groups in total. The Morgan fingerprint density at radius 3 is 2.89 bits per heavy atom. The van der Waals surface area contributed by atoms with E-state index in [1.807, 2.05) is 36.4 Å². The molecular weight excluding hydrogens is 224 g/mol. The lowest BCUT2D eigenvalue weighted by molar-refractivity contribution is 0.748. The lowest BCUT2D eigenvalue weighted by Crippen LogP contribution is -2.15. The molecule has 1 aromatic carbocycles. The van der Waals surface area contributed by atoms with E-state index in [1.165, 1.54) is 12.8 Å². The van der Waals surface area contributed by atoms with Crippen molar-refractivity contribution in [2.45, 2.75) is 18.9 Å². The predicted octanol–water partition coefficient (Wildman–Crippen LogP) is 2.03. The highest BCUT2D eigenvalue weighted by Crippen LogP contribution is 2.18. The van der Waals surface area contributed by atoms with Gasteiger partial charge in [0.25, 0.3) is 0 Å². The van der Waals surface area contributed by atoms with Gasteiger partial charge >= 0.3 is 0 Å². The number of benzene rings is 1. The molecule has 1 aliphatic carbocycles. The normalized spacial score (nSPS) is 15.3. The molecule has 1 saturated carbocycles. The summed E-state index contributed by atoms with van der Waals surface area (Å²) in [6.45, 7) is 0.906. The van der Waals surface area contributed by atoms with Crippen LogP contribution in [0.25, 0.3) is 11.8 Å². The molecule has 1 aromatic heterocycles. The molecule has 92 valence electrons. The molecule has 0 amide bonds. The Labute approximate surface area is 106 Å². The minimum Gasteiger partial charge on any atom is -0.311 e. The van der Waals surface area contributed by atoms with Crippen LogP contribution in [0.1, 0.15) is 18.5 Å². The average Bonchev–Trinajstić information content (AvgIpc) is 3.12. The third-order valence-electron chi connectivity index (χ3n) is 2.89. The Balaban J connectivity index is 1.62. The van der Waals surface area contributed by atoms with Crippen LogP contribution < -0.4 is 5.32 Å². The van der Waals surface area contributed by atoms with E-state index in [0.29, 0.717) is 0 Å². The van der Waals surface area contributed by atoms with Gasteiger partial charge in [0.1, 0.15) is 5.69 Å². The fourth-order valence-corrected chi connectivity index (χ4v) is 1.74. The molecule has 0 aliphatic heterocycles. The molecule has 0 atom stereocenters. The zero-order chi connectivity index (χ0) is 12.2. The first-order valence-corrected chi connectivity index (χ1v) is 6.29. The van der Waals surface area contributed by atoms with Gasteiger partial charge in [0.15, 0.2) is 0 Å². The van der Waals surface area contributed by atoms with Crippen molar-refractivity contribution in [2.24, 2.45) is 0 Å². The van der Waals surface area contributed by atoms with E-state index in [4.69, 9.17) is 0 Å². The maximum atomic E-state index is 4.40. The van der Waals surface area contributed by atoms with Gasteiger partial charge in [-0.15, -0.1) is 5.10 Å². The molecule has 4 heteroatoms. The summed E-state index contributed by atoms with van der Waals surface area (Å²) in [5, 5.41) is 12.1. The molecule has 0 saturated heterocycles. The van der Waals surface area contributed by atoms with Crippen LogP contribution in [-0.4, -0.2) is 27.6 Å². The lowest BCUT2D eigenvalue weighted by Gasteiger charge is -1.96. The summed E-state index contributed by atoms with van der Waals surface area (Å²) in [6, 6.07) is 10.7. The van der Waals surface area contributed by atoms with Crippen molar-refractivity contribution in [1.29, 1.82) is 0 Å². The molecule has 4 nitrogen and oxygen atoms in total. The maximum Gasteiger partial charge on any atom is 0.106 e. The second kappa shape index (κ2) is 5.14. The van der Waals surface area contributed by atoms with Gasteiger partial charge in [-0.1, -0.05) is 24.3 Å². The highest BCUT2D eigenvalue weighted by Gasteiger charge is 2.18. The molecule has 1 fully saturated rings. The van der Waals surface area contributed by atoms with Gasteiger partial charge in [-0.05, 0) is 31.1 Å². The van der Waals surface area contributed by atoms with E-state index in [9.17, 15) is 0 Å². The summed E-state index contributed by atoms with van der Waals surface area (Å²) in [6.07, 6.45) is 8.51. The summed E-state index contributed by atoms with van der Waals surface area (Å²) in [5.74, 6) is 0. The van der Waals surface area contributed by atoms with Crippen LogP contribution >= 0.6 is 0 Å². The Morgan fingerprint density at radius 2 is 2.11 bits per heavy atom. The Hall–Kier alpha value is -1.94. The molecule has 1 heterocycles. The van der Waals surface area contributed by atoms with E-state index >= 15 is 0 Å². The minimum absolute atomic E-state index is 0.745. The number of nitrogens with one attached hydrogen (secondary N) is 1. The van der Waals surface area contributed by atoms with Crippen LogP contribution in [0.2, 0.25) is 0 Å². The zero-order valence-corrected chi connectivity index (χ0v) is 10.2. The van der Waals surface area contributed by atoms with Crippen molar-refractivity contribution < 1.29 is 0 Å². The van der Waals surface area contributed by atoms with Gasteiger partial charge in [0.05, 0.1) is 11.9 Å². The molecule has 2 aromatic rings. The predicted molar refractivity (Wildman–Crippen MR) is 71.4 cm³/mol. The Morgan fingerprint density at radius 1 is 1.28 bits per heavy atom. The van der Waals surface area contributed by atoms with Crippen LogP contribution in [0.3, 0.4) is 0 Å². The SMILES string of the molecule is C(=Cc1cnn(-c2ccccc2)n1)CNC1CC1. The number of nitrogens with zero attached hydrogens (tertiary/aromatic N) is 3. The van der Waals surface area contributed by atoms with Crippen LogP contribution in [0.5, 0.6) is 0 Å². The summed E-state index contributed by atoms with van der Waals surface area (Å²) >= 11 is 0. The van der Waals surface area contributed by atoms with Gasteiger partial charge in [0, 0.05) is 12.6 Å². The Kier molecular flexibility index (Phi) is 3.19. The van der Waals surface area contributed by atoms with Crippen molar-refractivity contribution in [3.8, 4) is 5.69 Å². The standard InChI is InChI=1S/C14H16N4/c1-2-6-14(7-3-1)18-16-11-13(17-18)5-4-10-15-12-8-9-12/h1-7,11-12,15H,8-10H2. The minimum atomic E-state index is 0.745. The second-order valence-electron chi connectivity index (χ2n) is 4.48. The summed E-state index contributed by atoms with van der Waals surface area (Å²) < 4.78 is 0. The van der Waals surface area contributed by atoms with E-state index in [2.05, 4.69) is 21.6 Å². The molecule has 0 radical (unpaired) electrons. The second-order valence-corrected chi connectivity index (χ2v) is 4.48. The molecule has 0 unspecified atom stereocenters. The topological polar surface area (TPSA) is 42.7 Å². The number of para-hydroxylation sites is 1. The first kappa shape index (κ1) is 11.2. The smallest absolute Gasteiger partial charge is 0.106 e. The number of rotatable bonds is 5. The first-order valence-electron chi connectivity index (χ1n) is 6.29. The fraction of sp³-hybridized carbons (Fsp3) is 0.286. The van der Waals surface area contributed by atoms with E-state index in [1.54, 1.807) is 11.0 Å². The lowest BCUT2D eigenvalue weighted by atomic mass is 10.3. The van der Waals surface area contributed by atoms with Crippen molar-refractivity contribution in [1.82, 2.24) is 20.3 Å². The van der Waals surface area contributed by atoms with Crippen LogP contribution in [0.15, 0.2) is 42.6 Å². The van der Waals surface area contributed by atoms with Crippen molar-refractivity contribution in [2.75, 3.05) is 6.54 Å². The average molecular weight is 240 g/mol.